The minimum absolute atomic E-state index is 0.0645. The second kappa shape index (κ2) is 29.0. The van der Waals surface area contributed by atoms with Crippen molar-refractivity contribution in [3.05, 3.63) is 0 Å². The van der Waals surface area contributed by atoms with Gasteiger partial charge in [-0.2, -0.15) is 0 Å². The van der Waals surface area contributed by atoms with Crippen molar-refractivity contribution in [1.82, 2.24) is 4.90 Å². The molecule has 1 N–H and O–H groups in total. The number of likely N-dealkylation sites (N-methyl/N-ethyl adjacent to an activating group) is 1. The minimum atomic E-state index is -0.956. The van der Waals surface area contributed by atoms with Crippen LogP contribution in [0.3, 0.4) is 0 Å². The van der Waals surface area contributed by atoms with Crippen molar-refractivity contribution in [2.75, 3.05) is 13.6 Å². The molecule has 5 heteroatoms. The van der Waals surface area contributed by atoms with Gasteiger partial charge in [-0.1, -0.05) is 58.3 Å². The molecule has 0 heterocycles. The van der Waals surface area contributed by atoms with Gasteiger partial charge in [-0.15, -0.1) is 0 Å². The Morgan fingerprint density at radius 3 is 1.31 bits per heavy atom. The summed E-state index contributed by atoms with van der Waals surface area (Å²) in [5.41, 5.74) is 0. The van der Waals surface area contributed by atoms with E-state index in [0.717, 1.165) is 12.8 Å². The number of nitrogens with zero attached hydrogens (tertiary/aromatic N) is 1. The van der Waals surface area contributed by atoms with Crippen LogP contribution in [0.15, 0.2) is 0 Å². The van der Waals surface area contributed by atoms with Gasteiger partial charge in [-0.25, -0.2) is 0 Å². The molecule has 0 fully saturated rings. The summed E-state index contributed by atoms with van der Waals surface area (Å²) in [6.45, 7) is 4.31. The summed E-state index contributed by atoms with van der Waals surface area (Å²) in [5.74, 6) is -1.02. The molecule has 0 rings (SSSR count). The Morgan fingerprint density at radius 2 is 0.969 bits per heavy atom. The van der Waals surface area contributed by atoms with E-state index in [1.807, 2.05) is 0 Å². The summed E-state index contributed by atoms with van der Waals surface area (Å²) in [5, 5.41) is 8.57. The molecule has 0 unspecified atom stereocenters. The molecule has 0 atom stereocenters. The zero-order valence-electron chi connectivity index (χ0n) is 22.3. The number of hydrogen-bond donors (Lipinski definition) is 1. The normalized spacial score (nSPS) is 10.5. The average molecular weight is 464 g/mol. The molecule has 0 aromatic carbocycles. The van der Waals surface area contributed by atoms with Crippen molar-refractivity contribution in [3.8, 4) is 0 Å². The fourth-order valence-electron chi connectivity index (χ4n) is 3.81. The number of aliphatic carboxylic acids is 1. The van der Waals surface area contributed by atoms with E-state index in [1.165, 1.54) is 146 Å². The second-order valence-electron chi connectivity index (χ2n) is 9.40. The van der Waals surface area contributed by atoms with Crippen LogP contribution in [-0.2, 0) is 9.59 Å². The van der Waals surface area contributed by atoms with Crippen LogP contribution in [0.1, 0.15) is 142 Å². The van der Waals surface area contributed by atoms with Gasteiger partial charge in [0.25, 0.3) is 0 Å². The molecule has 0 aromatic rings. The summed E-state index contributed by atoms with van der Waals surface area (Å²) in [4.78, 5) is 23.3. The van der Waals surface area contributed by atoms with Gasteiger partial charge >= 0.3 is 109 Å². The monoisotopic (exact) mass is 463 g/mol. The van der Waals surface area contributed by atoms with Crippen molar-refractivity contribution in [3.63, 3.8) is 0 Å². The van der Waals surface area contributed by atoms with E-state index in [1.54, 1.807) is 7.05 Å². The van der Waals surface area contributed by atoms with E-state index in [0.29, 0.717) is 6.42 Å². The van der Waals surface area contributed by atoms with Gasteiger partial charge in [0.2, 0.25) is 5.91 Å². The van der Waals surface area contributed by atoms with Crippen molar-refractivity contribution in [2.45, 2.75) is 146 Å². The van der Waals surface area contributed by atoms with Gasteiger partial charge in [-0.3, -0.25) is 9.59 Å². The van der Waals surface area contributed by atoms with Crippen molar-refractivity contribution < 1.29 is 14.7 Å². The zero-order valence-corrected chi connectivity index (χ0v) is 24.3. The molecular formula is C27H54NNaO3. The first kappa shape index (κ1) is 34.1. The molecule has 0 aliphatic rings. The number of carboxylic acid groups (broad SMARTS) is 1. The Balaban J connectivity index is 0. The molecule has 0 aliphatic carbocycles. The molecule has 0 bridgehead atoms. The van der Waals surface area contributed by atoms with Crippen molar-refractivity contribution in [2.24, 2.45) is 0 Å². The average Bonchev–Trinajstić information content (AvgIpc) is 2.76. The van der Waals surface area contributed by atoms with Crippen LogP contribution in [-0.4, -0.2) is 63.4 Å². The molecule has 0 aromatic heterocycles. The second-order valence-corrected chi connectivity index (χ2v) is 10.4. The topological polar surface area (TPSA) is 57.6 Å². The molecule has 4 nitrogen and oxygen atoms in total. The van der Waals surface area contributed by atoms with E-state index in [-0.39, 0.29) is 12.5 Å². The maximum absolute atomic E-state index is 11.5. The number of carbonyl (C=O) groups is 2. The quantitative estimate of drug-likeness (QED) is 0.131. The summed E-state index contributed by atoms with van der Waals surface area (Å²) >= 11 is 1.41. The van der Waals surface area contributed by atoms with Gasteiger partial charge in [-0.05, 0) is 6.42 Å². The van der Waals surface area contributed by atoms with Crippen molar-refractivity contribution in [1.29, 1.82) is 0 Å². The number of carbonyl (C=O) groups excluding carboxylic acids is 1. The third-order valence-corrected chi connectivity index (χ3v) is 6.71. The Kier molecular flexibility index (Phi) is 30.9. The Morgan fingerprint density at radius 1 is 0.625 bits per heavy atom. The standard InChI is InChI=1S/C15H29NO3.C12H25.Na/c1-3-4-5-6-7-8-9-10-11-12-14(17)16(2)13-15(18)19;1-3-5-7-9-11-12-10-8-6-4-2;/h3-13H2,1-2H3,(H,18,19);1,3-12H2,2H3;. The number of amides is 1. The Bertz CT molecular complexity index is 394. The van der Waals surface area contributed by atoms with Gasteiger partial charge in [0.05, 0.1) is 0 Å². The van der Waals surface area contributed by atoms with Crippen LogP contribution in [0.2, 0.25) is 3.67 Å². The van der Waals surface area contributed by atoms with E-state index >= 15 is 0 Å². The van der Waals surface area contributed by atoms with Crippen LogP contribution in [0, 0.1) is 0 Å². The Labute approximate surface area is 218 Å². The summed E-state index contributed by atoms with van der Waals surface area (Å²) in [7, 11) is 1.55. The molecule has 32 heavy (non-hydrogen) atoms. The van der Waals surface area contributed by atoms with Crippen LogP contribution in [0.25, 0.3) is 0 Å². The summed E-state index contributed by atoms with van der Waals surface area (Å²) in [6.07, 6.45) is 26.2. The van der Waals surface area contributed by atoms with Gasteiger partial charge in [0, 0.05) is 13.5 Å². The molecule has 0 spiro atoms. The zero-order chi connectivity index (χ0) is 24.3. The first-order valence-corrected chi connectivity index (χ1v) is 15.4. The first-order chi connectivity index (χ1) is 15.5. The number of carboxylic acids is 1. The van der Waals surface area contributed by atoms with E-state index < -0.39 is 5.97 Å². The molecule has 0 aliphatic heterocycles. The third-order valence-electron chi connectivity index (χ3n) is 6.00. The van der Waals surface area contributed by atoms with Crippen LogP contribution < -0.4 is 0 Å². The van der Waals surface area contributed by atoms with E-state index in [2.05, 4.69) is 13.8 Å². The molecule has 0 radical (unpaired) electrons. The molecule has 0 saturated carbocycles. The van der Waals surface area contributed by atoms with Crippen LogP contribution in [0.5, 0.6) is 0 Å². The number of hydrogen-bond acceptors (Lipinski definition) is 2. The van der Waals surface area contributed by atoms with Gasteiger partial charge < -0.3 is 10.0 Å². The van der Waals surface area contributed by atoms with Gasteiger partial charge in [0.15, 0.2) is 0 Å². The van der Waals surface area contributed by atoms with E-state index in [4.69, 9.17) is 5.11 Å². The van der Waals surface area contributed by atoms with Crippen molar-refractivity contribution >= 4 is 39.8 Å². The van der Waals surface area contributed by atoms with Gasteiger partial charge in [0.1, 0.15) is 6.54 Å². The fraction of sp³-hybridized carbons (Fsp3) is 0.926. The molecule has 1 amide bonds. The van der Waals surface area contributed by atoms with Crippen LogP contribution >= 0.6 is 0 Å². The van der Waals surface area contributed by atoms with Crippen LogP contribution in [0.4, 0.5) is 0 Å². The third kappa shape index (κ3) is 29.9. The predicted octanol–water partition coefficient (Wildman–Crippen LogP) is 7.94. The maximum atomic E-state index is 11.5. The summed E-state index contributed by atoms with van der Waals surface area (Å²) < 4.78 is 1.51. The first-order valence-electron chi connectivity index (χ1n) is 13.9. The molecular weight excluding hydrogens is 409 g/mol. The number of unbranched alkanes of at least 4 members (excludes halogenated alkanes) is 17. The predicted molar refractivity (Wildman–Crippen MR) is 140 cm³/mol. The van der Waals surface area contributed by atoms with E-state index in [9.17, 15) is 9.59 Å². The summed E-state index contributed by atoms with van der Waals surface area (Å²) in [6, 6.07) is 0. The number of rotatable bonds is 22. The Hall–Kier alpha value is -0.0600. The molecule has 0 saturated heterocycles. The fourth-order valence-corrected chi connectivity index (χ4v) is 4.31. The molecule has 186 valence electrons. The SMILES string of the molecule is CCCCCCCCCCCC(=O)N(C)CC(=O)O.CCCCCCCCCCC[CH2][Na].